The van der Waals surface area contributed by atoms with Crippen LogP contribution in [0.5, 0.6) is 0 Å². The van der Waals surface area contributed by atoms with E-state index in [-0.39, 0.29) is 30.8 Å². The highest BCUT2D eigenvalue weighted by molar-refractivity contribution is 5.95. The largest absolute Gasteiger partial charge is 0.481 e. The van der Waals surface area contributed by atoms with E-state index in [1.807, 2.05) is 0 Å². The van der Waals surface area contributed by atoms with Crippen molar-refractivity contribution in [1.29, 1.82) is 0 Å². The van der Waals surface area contributed by atoms with Crippen molar-refractivity contribution in [2.75, 3.05) is 26.4 Å². The molecule has 0 aromatic carbocycles. The number of amides is 1. The second kappa shape index (κ2) is 14.8. The lowest BCUT2D eigenvalue weighted by Gasteiger charge is -2.13. The minimum atomic E-state index is -1.36. The van der Waals surface area contributed by atoms with Crippen LogP contribution in [0.2, 0.25) is 0 Å². The number of ether oxygens (including phenoxy) is 2. The third kappa shape index (κ3) is 15.6. The van der Waals surface area contributed by atoms with Gasteiger partial charge < -0.3 is 25.0 Å². The summed E-state index contributed by atoms with van der Waals surface area (Å²) in [7, 11) is 0. The maximum atomic E-state index is 11.8. The molecule has 0 aromatic heterocycles. The summed E-state index contributed by atoms with van der Waals surface area (Å²) in [5.74, 6) is -3.72. The molecular weight excluding hydrogens is 362 g/mol. The highest BCUT2D eigenvalue weighted by Crippen LogP contribution is 2.04. The molecule has 0 bridgehead atoms. The van der Waals surface area contributed by atoms with E-state index in [1.54, 1.807) is 0 Å². The molecule has 10 heteroatoms. The van der Waals surface area contributed by atoms with Gasteiger partial charge in [0, 0.05) is 25.9 Å². The van der Waals surface area contributed by atoms with E-state index in [4.69, 9.17) is 19.7 Å². The minimum absolute atomic E-state index is 0.0432. The first-order valence-electron chi connectivity index (χ1n) is 8.63. The third-order valence-electron chi connectivity index (χ3n) is 3.37. The van der Waals surface area contributed by atoms with Crippen LogP contribution >= 0.6 is 0 Å². The summed E-state index contributed by atoms with van der Waals surface area (Å²) >= 11 is 0. The number of carboxylic acids is 2. The number of hydrogen-bond donors (Lipinski definition) is 3. The minimum Gasteiger partial charge on any atom is -0.481 e. The number of aliphatic carboxylic acids is 2. The van der Waals surface area contributed by atoms with Gasteiger partial charge in [-0.05, 0) is 19.8 Å². The molecule has 0 aliphatic carbocycles. The molecule has 10 nitrogen and oxygen atoms in total. The molecule has 0 rings (SSSR count). The van der Waals surface area contributed by atoms with Crippen molar-refractivity contribution in [3.05, 3.63) is 0 Å². The summed E-state index contributed by atoms with van der Waals surface area (Å²) in [4.78, 5) is 55.2. The van der Waals surface area contributed by atoms with Crippen LogP contribution in [0.25, 0.3) is 0 Å². The van der Waals surface area contributed by atoms with Crippen LogP contribution in [-0.2, 0) is 33.4 Å². The van der Waals surface area contributed by atoms with Crippen molar-refractivity contribution in [1.82, 2.24) is 5.32 Å². The van der Waals surface area contributed by atoms with Gasteiger partial charge in [-0.3, -0.25) is 19.2 Å². The van der Waals surface area contributed by atoms with Crippen molar-refractivity contribution >= 4 is 29.4 Å². The van der Waals surface area contributed by atoms with Crippen LogP contribution in [0.3, 0.4) is 0 Å². The molecule has 0 spiro atoms. The maximum Gasteiger partial charge on any atom is 0.326 e. The Bertz CT molecular complexity index is 519. The Labute approximate surface area is 157 Å². The Hall–Kier alpha value is -2.33. The first kappa shape index (κ1) is 24.7. The number of carbonyl (C=O) groups excluding carboxylic acids is 3. The smallest absolute Gasteiger partial charge is 0.326 e. The Morgan fingerprint density at radius 1 is 0.889 bits per heavy atom. The number of carboxylic acid groups (broad SMARTS) is 2. The van der Waals surface area contributed by atoms with E-state index < -0.39 is 30.3 Å². The standard InChI is InChI=1S/C17H27NO9/c1-12(19)6-8-27-10-9-26-7-2-3-13(20)4-5-14(17(24)25)18-15(21)11-16(22)23/h14H,2-11H2,1H3,(H,18,21)(H,22,23)(H,24,25). The molecule has 0 saturated carbocycles. The lowest BCUT2D eigenvalue weighted by Crippen LogP contribution is -2.41. The quantitative estimate of drug-likeness (QED) is 0.233. The van der Waals surface area contributed by atoms with Crippen LogP contribution in [0, 0.1) is 0 Å². The van der Waals surface area contributed by atoms with Gasteiger partial charge in [0.25, 0.3) is 0 Å². The van der Waals surface area contributed by atoms with Gasteiger partial charge in [0.15, 0.2) is 0 Å². The lowest BCUT2D eigenvalue weighted by atomic mass is 10.1. The van der Waals surface area contributed by atoms with Gasteiger partial charge >= 0.3 is 11.9 Å². The average molecular weight is 389 g/mol. The molecule has 0 radical (unpaired) electrons. The van der Waals surface area contributed by atoms with Gasteiger partial charge in [-0.15, -0.1) is 0 Å². The molecule has 0 saturated heterocycles. The maximum absolute atomic E-state index is 11.8. The van der Waals surface area contributed by atoms with Crippen LogP contribution in [0.4, 0.5) is 0 Å². The Kier molecular flexibility index (Phi) is 13.5. The summed E-state index contributed by atoms with van der Waals surface area (Å²) in [5.41, 5.74) is 0. The van der Waals surface area contributed by atoms with Gasteiger partial charge in [0.1, 0.15) is 24.0 Å². The van der Waals surface area contributed by atoms with Gasteiger partial charge in [0.05, 0.1) is 19.8 Å². The first-order chi connectivity index (χ1) is 12.7. The average Bonchev–Trinajstić information content (AvgIpc) is 2.55. The summed E-state index contributed by atoms with van der Waals surface area (Å²) in [6, 6.07) is -1.30. The number of rotatable bonds is 17. The first-order valence-corrected chi connectivity index (χ1v) is 8.63. The molecule has 0 fully saturated rings. The summed E-state index contributed by atoms with van der Waals surface area (Å²) < 4.78 is 10.5. The number of Topliss-reactive ketones (excluding diaryl/α,β-unsaturated/α-hetero) is 2. The van der Waals surface area contributed by atoms with Gasteiger partial charge in [-0.2, -0.15) is 0 Å². The Balaban J connectivity index is 3.81. The summed E-state index contributed by atoms with van der Waals surface area (Å²) in [6.45, 7) is 2.89. The molecule has 27 heavy (non-hydrogen) atoms. The molecular formula is C17H27NO9. The molecule has 3 N–H and O–H groups in total. The second-order valence-corrected chi connectivity index (χ2v) is 5.89. The van der Waals surface area contributed by atoms with E-state index in [9.17, 15) is 24.0 Å². The van der Waals surface area contributed by atoms with E-state index >= 15 is 0 Å². The fourth-order valence-corrected chi connectivity index (χ4v) is 1.98. The fraction of sp³-hybridized carbons (Fsp3) is 0.706. The zero-order valence-corrected chi connectivity index (χ0v) is 15.4. The van der Waals surface area contributed by atoms with Crippen molar-refractivity contribution in [2.45, 2.75) is 51.5 Å². The molecule has 0 aliphatic heterocycles. The number of carbonyl (C=O) groups is 5. The molecule has 1 atom stereocenters. The third-order valence-corrected chi connectivity index (χ3v) is 3.37. The topological polar surface area (TPSA) is 156 Å². The Morgan fingerprint density at radius 2 is 1.52 bits per heavy atom. The predicted molar refractivity (Wildman–Crippen MR) is 92.2 cm³/mol. The van der Waals surface area contributed by atoms with Gasteiger partial charge in [-0.25, -0.2) is 4.79 Å². The van der Waals surface area contributed by atoms with E-state index in [2.05, 4.69) is 5.32 Å². The van der Waals surface area contributed by atoms with Crippen molar-refractivity contribution < 1.29 is 43.7 Å². The predicted octanol–water partition coefficient (Wildman–Crippen LogP) is 0.172. The van der Waals surface area contributed by atoms with Crippen LogP contribution < -0.4 is 5.32 Å². The van der Waals surface area contributed by atoms with Crippen LogP contribution in [0.15, 0.2) is 0 Å². The Morgan fingerprint density at radius 3 is 2.07 bits per heavy atom. The fourth-order valence-electron chi connectivity index (χ4n) is 1.98. The highest BCUT2D eigenvalue weighted by atomic mass is 16.5. The summed E-state index contributed by atoms with van der Waals surface area (Å²) in [5, 5.41) is 19.6. The number of hydrogen-bond acceptors (Lipinski definition) is 7. The monoisotopic (exact) mass is 389 g/mol. The van der Waals surface area contributed by atoms with Crippen LogP contribution in [-0.4, -0.2) is 72.1 Å². The number of nitrogens with one attached hydrogen (secondary N) is 1. The molecule has 1 amide bonds. The van der Waals surface area contributed by atoms with Crippen molar-refractivity contribution in [3.63, 3.8) is 0 Å². The zero-order valence-electron chi connectivity index (χ0n) is 15.4. The summed E-state index contributed by atoms with van der Waals surface area (Å²) in [6.07, 6.45) is 0.0645. The highest BCUT2D eigenvalue weighted by Gasteiger charge is 2.21. The molecule has 0 aromatic rings. The lowest BCUT2D eigenvalue weighted by molar-refractivity contribution is -0.145. The van der Waals surface area contributed by atoms with Gasteiger partial charge in [-0.1, -0.05) is 0 Å². The van der Waals surface area contributed by atoms with Crippen LogP contribution in [0.1, 0.15) is 45.4 Å². The van der Waals surface area contributed by atoms with E-state index in [0.29, 0.717) is 39.3 Å². The normalized spacial score (nSPS) is 11.6. The molecule has 0 heterocycles. The van der Waals surface area contributed by atoms with Crippen molar-refractivity contribution in [2.24, 2.45) is 0 Å². The molecule has 154 valence electrons. The number of ketones is 2. The SMILES string of the molecule is CC(=O)CCOCCOCCCC(=O)CCC(NC(=O)CC(=O)O)C(=O)O. The van der Waals surface area contributed by atoms with Gasteiger partial charge in [0.2, 0.25) is 5.91 Å². The molecule has 0 aliphatic rings. The van der Waals surface area contributed by atoms with E-state index in [1.165, 1.54) is 6.92 Å². The second-order valence-electron chi connectivity index (χ2n) is 5.89. The zero-order chi connectivity index (χ0) is 20.7. The molecule has 1 unspecified atom stereocenters. The van der Waals surface area contributed by atoms with Crippen molar-refractivity contribution in [3.8, 4) is 0 Å². The van der Waals surface area contributed by atoms with E-state index in [0.717, 1.165) is 0 Å².